The van der Waals surface area contributed by atoms with E-state index in [-0.39, 0.29) is 48.0 Å². The van der Waals surface area contributed by atoms with Crippen molar-refractivity contribution in [2.75, 3.05) is 11.9 Å². The highest BCUT2D eigenvalue weighted by molar-refractivity contribution is 6.22. The minimum atomic E-state index is -0.445. The number of rotatable bonds is 5. The van der Waals surface area contributed by atoms with E-state index in [9.17, 15) is 24.0 Å². The van der Waals surface area contributed by atoms with Crippen LogP contribution in [-0.4, -0.2) is 52.0 Å². The van der Waals surface area contributed by atoms with Gasteiger partial charge in [0.1, 0.15) is 0 Å². The maximum Gasteiger partial charge on any atom is 0.324 e. The second kappa shape index (κ2) is 8.74. The van der Waals surface area contributed by atoms with Crippen LogP contribution < -0.4 is 10.6 Å². The third-order valence-electron chi connectivity index (χ3n) is 6.58. The van der Waals surface area contributed by atoms with E-state index in [0.717, 1.165) is 37.0 Å². The van der Waals surface area contributed by atoms with E-state index in [2.05, 4.69) is 10.6 Å². The maximum absolute atomic E-state index is 13.0. The molecule has 6 amide bonds. The number of hydrogen-bond acceptors (Lipinski definition) is 5. The van der Waals surface area contributed by atoms with Crippen LogP contribution in [0.25, 0.3) is 0 Å². The van der Waals surface area contributed by atoms with E-state index in [1.807, 2.05) is 0 Å². The smallest absolute Gasteiger partial charge is 0.324 e. The van der Waals surface area contributed by atoms with Crippen LogP contribution in [0, 0.1) is 0 Å². The Labute approximate surface area is 196 Å². The number of anilines is 1. The summed E-state index contributed by atoms with van der Waals surface area (Å²) < 4.78 is 0. The molecule has 174 valence electrons. The Bertz CT molecular complexity index is 1200. The van der Waals surface area contributed by atoms with Gasteiger partial charge in [0.15, 0.2) is 0 Å². The number of nitrogens with zero attached hydrogens (tertiary/aromatic N) is 2. The lowest BCUT2D eigenvalue weighted by Crippen LogP contribution is -2.40. The zero-order valence-corrected chi connectivity index (χ0v) is 18.5. The van der Waals surface area contributed by atoms with Gasteiger partial charge in [-0.1, -0.05) is 31.4 Å². The fraction of sp³-hybridized carbons (Fsp3) is 0.320. The first-order valence-corrected chi connectivity index (χ1v) is 11.4. The van der Waals surface area contributed by atoms with E-state index in [1.165, 1.54) is 11.0 Å². The third-order valence-corrected chi connectivity index (χ3v) is 6.58. The van der Waals surface area contributed by atoms with E-state index >= 15 is 0 Å². The summed E-state index contributed by atoms with van der Waals surface area (Å²) in [7, 11) is 0. The lowest BCUT2D eigenvalue weighted by molar-refractivity contribution is -0.125. The normalized spacial score (nSPS) is 18.4. The summed E-state index contributed by atoms with van der Waals surface area (Å²) in [5.41, 5.74) is 2.03. The summed E-state index contributed by atoms with van der Waals surface area (Å²) in [5, 5.41) is 5.26. The molecule has 2 N–H and O–H groups in total. The van der Waals surface area contributed by atoms with E-state index in [4.69, 9.17) is 0 Å². The van der Waals surface area contributed by atoms with Crippen molar-refractivity contribution in [1.29, 1.82) is 0 Å². The van der Waals surface area contributed by atoms with Gasteiger partial charge in [0.05, 0.1) is 24.2 Å². The largest absolute Gasteiger partial charge is 0.329 e. The van der Waals surface area contributed by atoms with Gasteiger partial charge in [-0.25, -0.2) is 4.79 Å². The predicted octanol–water partition coefficient (Wildman–Crippen LogP) is 2.92. The molecule has 34 heavy (non-hydrogen) atoms. The van der Waals surface area contributed by atoms with Gasteiger partial charge < -0.3 is 10.6 Å². The van der Waals surface area contributed by atoms with E-state index in [0.29, 0.717) is 16.8 Å². The van der Waals surface area contributed by atoms with Crippen molar-refractivity contribution < 1.29 is 24.0 Å². The molecule has 2 aromatic rings. The van der Waals surface area contributed by atoms with Crippen molar-refractivity contribution in [3.05, 3.63) is 64.7 Å². The van der Waals surface area contributed by atoms with Crippen LogP contribution in [0.5, 0.6) is 0 Å². The average molecular weight is 460 g/mol. The van der Waals surface area contributed by atoms with Crippen LogP contribution in [0.1, 0.15) is 68.7 Å². The molecule has 9 nitrogen and oxygen atoms in total. The van der Waals surface area contributed by atoms with Crippen LogP contribution in [0.15, 0.2) is 42.5 Å². The predicted molar refractivity (Wildman–Crippen MR) is 122 cm³/mol. The molecule has 1 saturated heterocycles. The number of carbonyl (C=O) groups is 5. The van der Waals surface area contributed by atoms with Crippen LogP contribution >= 0.6 is 0 Å². The first kappa shape index (κ1) is 21.8. The average Bonchev–Trinajstić information content (AvgIpc) is 3.29. The van der Waals surface area contributed by atoms with Crippen molar-refractivity contribution in [1.82, 2.24) is 15.1 Å². The van der Waals surface area contributed by atoms with Crippen LogP contribution in [-0.2, 0) is 11.3 Å². The first-order valence-electron chi connectivity index (χ1n) is 11.4. The Morgan fingerprint density at radius 1 is 0.941 bits per heavy atom. The van der Waals surface area contributed by atoms with Gasteiger partial charge in [0.2, 0.25) is 5.91 Å². The molecule has 2 fully saturated rings. The monoisotopic (exact) mass is 460 g/mol. The zero-order valence-electron chi connectivity index (χ0n) is 18.5. The molecule has 9 heteroatoms. The summed E-state index contributed by atoms with van der Waals surface area (Å²) in [4.78, 5) is 64.8. The summed E-state index contributed by atoms with van der Waals surface area (Å²) in [6.07, 6.45) is 4.76. The second-order valence-corrected chi connectivity index (χ2v) is 8.83. The van der Waals surface area contributed by atoms with Crippen LogP contribution in [0.2, 0.25) is 0 Å². The third kappa shape index (κ3) is 3.93. The maximum atomic E-state index is 13.0. The minimum absolute atomic E-state index is 0.0208. The highest BCUT2D eigenvalue weighted by Gasteiger charge is 2.40. The fourth-order valence-electron chi connectivity index (χ4n) is 4.82. The van der Waals surface area contributed by atoms with Crippen molar-refractivity contribution in [2.45, 2.75) is 44.7 Å². The standard InChI is InChI=1S/C25H24N4O5/c30-21-13-26-25(34)28(21)14-15-5-4-6-17(11-15)27-22(31)16-9-10-19-20(12-16)24(33)29(23(19)32)18-7-2-1-3-8-18/h4-6,9-12,18H,1-3,7-8,13-14H2,(H,26,34)(H,27,31). The number of urea groups is 1. The number of imide groups is 2. The van der Waals surface area contributed by atoms with Crippen molar-refractivity contribution >= 4 is 35.3 Å². The summed E-state index contributed by atoms with van der Waals surface area (Å²) in [5.74, 6) is -1.35. The number of benzene rings is 2. The first-order chi connectivity index (χ1) is 16.4. The Balaban J connectivity index is 1.31. The number of amides is 6. The fourth-order valence-corrected chi connectivity index (χ4v) is 4.82. The lowest BCUT2D eigenvalue weighted by Gasteiger charge is -2.29. The highest BCUT2D eigenvalue weighted by Crippen LogP contribution is 2.31. The molecule has 0 unspecified atom stereocenters. The van der Waals surface area contributed by atoms with Crippen LogP contribution in [0.3, 0.4) is 0 Å². The SMILES string of the molecule is O=C(Nc1cccc(CN2C(=O)CNC2=O)c1)c1ccc2c(c1)C(=O)N(C1CCCCC1)C2=O. The zero-order chi connectivity index (χ0) is 23.8. The van der Waals surface area contributed by atoms with Gasteiger partial charge in [-0.15, -0.1) is 0 Å². The van der Waals surface area contributed by atoms with E-state index in [1.54, 1.807) is 36.4 Å². The molecule has 0 bridgehead atoms. The molecule has 0 atom stereocenters. The molecular formula is C25H24N4O5. The van der Waals surface area contributed by atoms with Gasteiger partial charge in [0, 0.05) is 17.3 Å². The quantitative estimate of drug-likeness (QED) is 0.526. The van der Waals surface area contributed by atoms with Crippen molar-refractivity contribution in [3.8, 4) is 0 Å². The second-order valence-electron chi connectivity index (χ2n) is 8.83. The van der Waals surface area contributed by atoms with Crippen molar-refractivity contribution in [2.24, 2.45) is 0 Å². The Morgan fingerprint density at radius 2 is 1.71 bits per heavy atom. The summed E-state index contributed by atoms with van der Waals surface area (Å²) in [6, 6.07) is 10.9. The summed E-state index contributed by atoms with van der Waals surface area (Å²) in [6.45, 7) is 0.0772. The molecule has 2 heterocycles. The topological polar surface area (TPSA) is 116 Å². The van der Waals surface area contributed by atoms with Gasteiger partial charge in [0.25, 0.3) is 17.7 Å². The van der Waals surface area contributed by atoms with Crippen molar-refractivity contribution in [3.63, 3.8) is 0 Å². The summed E-state index contributed by atoms with van der Waals surface area (Å²) >= 11 is 0. The molecule has 0 aromatic heterocycles. The molecule has 3 aliphatic rings. The molecule has 0 spiro atoms. The lowest BCUT2D eigenvalue weighted by atomic mass is 9.94. The number of carbonyl (C=O) groups excluding carboxylic acids is 5. The number of nitrogens with one attached hydrogen (secondary N) is 2. The van der Waals surface area contributed by atoms with Gasteiger partial charge in [-0.05, 0) is 48.7 Å². The number of hydrogen-bond donors (Lipinski definition) is 2. The van der Waals surface area contributed by atoms with Crippen LogP contribution in [0.4, 0.5) is 10.5 Å². The molecule has 5 rings (SSSR count). The Hall–Kier alpha value is -4.01. The van der Waals surface area contributed by atoms with Gasteiger partial charge >= 0.3 is 6.03 Å². The van der Waals surface area contributed by atoms with Gasteiger partial charge in [-0.3, -0.25) is 29.0 Å². The van der Waals surface area contributed by atoms with Gasteiger partial charge in [-0.2, -0.15) is 0 Å². The van der Waals surface area contributed by atoms with E-state index < -0.39 is 11.9 Å². The molecular weight excluding hydrogens is 436 g/mol. The molecule has 2 aromatic carbocycles. The molecule has 0 radical (unpaired) electrons. The Morgan fingerprint density at radius 3 is 2.44 bits per heavy atom. The molecule has 1 saturated carbocycles. The molecule has 1 aliphatic carbocycles. The molecule has 2 aliphatic heterocycles. The highest BCUT2D eigenvalue weighted by atomic mass is 16.2. The minimum Gasteiger partial charge on any atom is -0.329 e. The Kier molecular flexibility index (Phi) is 5.61. The number of fused-ring (bicyclic) bond motifs is 1.